The Morgan fingerprint density at radius 3 is 2.94 bits per heavy atom. The smallest absolute Gasteiger partial charge is 0.119 e. The third-order valence-electron chi connectivity index (χ3n) is 2.44. The highest BCUT2D eigenvalue weighted by molar-refractivity contribution is 7.99. The summed E-state index contributed by atoms with van der Waals surface area (Å²) in [6.07, 6.45) is 1.08. The van der Waals surface area contributed by atoms with Crippen LogP contribution in [-0.4, -0.2) is 39.2 Å². The fourth-order valence-electron chi connectivity index (χ4n) is 1.50. The molecule has 102 valence electrons. The topological polar surface area (TPSA) is 30.5 Å². The maximum atomic E-state index is 5.28. The quantitative estimate of drug-likeness (QED) is 0.522. The summed E-state index contributed by atoms with van der Waals surface area (Å²) < 4.78 is 10.5. The highest BCUT2D eigenvalue weighted by Crippen LogP contribution is 2.22. The van der Waals surface area contributed by atoms with Gasteiger partial charge in [0.1, 0.15) is 5.75 Å². The van der Waals surface area contributed by atoms with Crippen molar-refractivity contribution in [3.63, 3.8) is 0 Å². The zero-order chi connectivity index (χ0) is 13.1. The van der Waals surface area contributed by atoms with Gasteiger partial charge in [0.15, 0.2) is 0 Å². The van der Waals surface area contributed by atoms with Crippen LogP contribution in [0.3, 0.4) is 0 Å². The highest BCUT2D eigenvalue weighted by atomic mass is 32.2. The molecule has 0 saturated carbocycles. The molecular formula is C14H23NO2S. The van der Waals surface area contributed by atoms with E-state index in [4.69, 9.17) is 9.47 Å². The summed E-state index contributed by atoms with van der Waals surface area (Å²) in [5.41, 5.74) is 0. The van der Waals surface area contributed by atoms with Gasteiger partial charge in [-0.15, -0.1) is 11.8 Å². The average Bonchev–Trinajstić information content (AvgIpc) is 2.42. The van der Waals surface area contributed by atoms with Crippen LogP contribution in [0.25, 0.3) is 0 Å². The van der Waals surface area contributed by atoms with Crippen LogP contribution in [0.5, 0.6) is 5.75 Å². The van der Waals surface area contributed by atoms with E-state index in [0.717, 1.165) is 44.2 Å². The van der Waals surface area contributed by atoms with E-state index in [-0.39, 0.29) is 0 Å². The summed E-state index contributed by atoms with van der Waals surface area (Å²) in [6, 6.07) is 8.18. The van der Waals surface area contributed by atoms with Crippen molar-refractivity contribution in [1.29, 1.82) is 0 Å². The SMILES string of the molecule is CCOCCCNCCSc1cccc(OC)c1. The standard InChI is InChI=1S/C14H23NO2S/c1-3-17-10-5-8-15-9-11-18-14-7-4-6-13(12-14)16-2/h4,6-7,12,15H,3,5,8-11H2,1-2H3. The Balaban J connectivity index is 2.03. The van der Waals surface area contributed by atoms with Gasteiger partial charge in [-0.3, -0.25) is 0 Å². The third-order valence-corrected chi connectivity index (χ3v) is 3.43. The lowest BCUT2D eigenvalue weighted by atomic mass is 10.3. The Morgan fingerprint density at radius 2 is 2.17 bits per heavy atom. The molecule has 1 rings (SSSR count). The van der Waals surface area contributed by atoms with Crippen LogP contribution in [0, 0.1) is 0 Å². The van der Waals surface area contributed by atoms with Gasteiger partial charge in [0, 0.05) is 30.4 Å². The van der Waals surface area contributed by atoms with E-state index >= 15 is 0 Å². The number of nitrogens with one attached hydrogen (secondary N) is 1. The minimum Gasteiger partial charge on any atom is -0.497 e. The van der Waals surface area contributed by atoms with E-state index in [1.807, 2.05) is 30.8 Å². The molecule has 0 atom stereocenters. The predicted octanol–water partition coefficient (Wildman–Crippen LogP) is 2.80. The molecule has 0 heterocycles. The van der Waals surface area contributed by atoms with Crippen LogP contribution in [0.4, 0.5) is 0 Å². The maximum absolute atomic E-state index is 5.28. The summed E-state index contributed by atoms with van der Waals surface area (Å²) in [4.78, 5) is 1.26. The molecule has 0 aliphatic carbocycles. The zero-order valence-electron chi connectivity index (χ0n) is 11.3. The van der Waals surface area contributed by atoms with Gasteiger partial charge in [0.05, 0.1) is 7.11 Å². The number of rotatable bonds is 10. The molecule has 0 aliphatic rings. The van der Waals surface area contributed by atoms with Gasteiger partial charge >= 0.3 is 0 Å². The summed E-state index contributed by atoms with van der Waals surface area (Å²) >= 11 is 1.84. The van der Waals surface area contributed by atoms with E-state index in [1.165, 1.54) is 4.90 Å². The molecule has 0 unspecified atom stereocenters. The molecule has 0 spiro atoms. The van der Waals surface area contributed by atoms with E-state index in [1.54, 1.807) is 7.11 Å². The Hall–Kier alpha value is -0.710. The number of hydrogen-bond donors (Lipinski definition) is 1. The minimum atomic E-state index is 0.811. The molecular weight excluding hydrogens is 246 g/mol. The van der Waals surface area contributed by atoms with Gasteiger partial charge in [0.25, 0.3) is 0 Å². The highest BCUT2D eigenvalue weighted by Gasteiger charge is 1.96. The molecule has 4 heteroatoms. The molecule has 0 aromatic heterocycles. The molecule has 1 N–H and O–H groups in total. The van der Waals surface area contributed by atoms with Crippen molar-refractivity contribution in [3.05, 3.63) is 24.3 Å². The molecule has 0 aliphatic heterocycles. The second-order valence-electron chi connectivity index (χ2n) is 3.83. The minimum absolute atomic E-state index is 0.811. The van der Waals surface area contributed by atoms with Gasteiger partial charge < -0.3 is 14.8 Å². The lowest BCUT2D eigenvalue weighted by Gasteiger charge is -2.06. The van der Waals surface area contributed by atoms with Crippen molar-refractivity contribution in [2.24, 2.45) is 0 Å². The zero-order valence-corrected chi connectivity index (χ0v) is 12.1. The van der Waals surface area contributed by atoms with Gasteiger partial charge in [-0.25, -0.2) is 0 Å². The summed E-state index contributed by atoms with van der Waals surface area (Å²) in [7, 11) is 1.70. The molecule has 18 heavy (non-hydrogen) atoms. The molecule has 0 saturated heterocycles. The van der Waals surface area contributed by atoms with E-state index in [0.29, 0.717) is 0 Å². The lowest BCUT2D eigenvalue weighted by molar-refractivity contribution is 0.145. The Kier molecular flexibility index (Phi) is 8.73. The van der Waals surface area contributed by atoms with Crippen molar-refractivity contribution < 1.29 is 9.47 Å². The predicted molar refractivity (Wildman–Crippen MR) is 77.7 cm³/mol. The summed E-state index contributed by atoms with van der Waals surface area (Å²) in [5.74, 6) is 1.99. The normalized spacial score (nSPS) is 10.6. The van der Waals surface area contributed by atoms with Crippen LogP contribution in [0.15, 0.2) is 29.2 Å². The van der Waals surface area contributed by atoms with E-state index in [9.17, 15) is 0 Å². The number of thioether (sulfide) groups is 1. The van der Waals surface area contributed by atoms with Crippen molar-refractivity contribution in [1.82, 2.24) is 5.32 Å². The van der Waals surface area contributed by atoms with Crippen LogP contribution in [-0.2, 0) is 4.74 Å². The fourth-order valence-corrected chi connectivity index (χ4v) is 2.36. The number of hydrogen-bond acceptors (Lipinski definition) is 4. The first-order valence-corrected chi connectivity index (χ1v) is 7.40. The Morgan fingerprint density at radius 1 is 1.28 bits per heavy atom. The summed E-state index contributed by atoms with van der Waals surface area (Å²) in [5, 5.41) is 3.41. The van der Waals surface area contributed by atoms with E-state index in [2.05, 4.69) is 17.4 Å². The number of benzene rings is 1. The average molecular weight is 269 g/mol. The monoisotopic (exact) mass is 269 g/mol. The molecule has 1 aromatic rings. The van der Waals surface area contributed by atoms with Crippen LogP contribution >= 0.6 is 11.8 Å². The summed E-state index contributed by atoms with van der Waals surface area (Å²) in [6.45, 7) is 5.74. The first-order chi connectivity index (χ1) is 8.86. The Bertz CT molecular complexity index is 320. The van der Waals surface area contributed by atoms with Gasteiger partial charge in [-0.05, 0) is 38.1 Å². The molecule has 0 radical (unpaired) electrons. The molecule has 3 nitrogen and oxygen atoms in total. The van der Waals surface area contributed by atoms with Gasteiger partial charge in [-0.1, -0.05) is 6.07 Å². The lowest BCUT2D eigenvalue weighted by Crippen LogP contribution is -2.19. The van der Waals surface area contributed by atoms with Crippen LogP contribution < -0.4 is 10.1 Å². The van der Waals surface area contributed by atoms with Gasteiger partial charge in [0.2, 0.25) is 0 Å². The molecule has 0 fully saturated rings. The maximum Gasteiger partial charge on any atom is 0.119 e. The Labute approximate surface area is 114 Å². The second-order valence-corrected chi connectivity index (χ2v) is 5.00. The van der Waals surface area contributed by atoms with Crippen molar-refractivity contribution in [2.75, 3.05) is 39.2 Å². The van der Waals surface area contributed by atoms with Gasteiger partial charge in [-0.2, -0.15) is 0 Å². The van der Waals surface area contributed by atoms with Crippen molar-refractivity contribution in [2.45, 2.75) is 18.2 Å². The largest absolute Gasteiger partial charge is 0.497 e. The number of methoxy groups -OCH3 is 1. The fraction of sp³-hybridized carbons (Fsp3) is 0.571. The molecule has 0 bridgehead atoms. The first-order valence-electron chi connectivity index (χ1n) is 6.42. The third kappa shape index (κ3) is 6.89. The molecule has 1 aromatic carbocycles. The van der Waals surface area contributed by atoms with Crippen LogP contribution in [0.1, 0.15) is 13.3 Å². The molecule has 0 amide bonds. The second kappa shape index (κ2) is 10.2. The number of ether oxygens (including phenoxy) is 2. The van der Waals surface area contributed by atoms with Crippen molar-refractivity contribution in [3.8, 4) is 5.75 Å². The van der Waals surface area contributed by atoms with Crippen LogP contribution in [0.2, 0.25) is 0 Å². The van der Waals surface area contributed by atoms with E-state index < -0.39 is 0 Å². The van der Waals surface area contributed by atoms with Crippen molar-refractivity contribution >= 4 is 11.8 Å². The first kappa shape index (κ1) is 15.3.